The molecule has 1 aliphatic carbocycles. The number of pyridine rings is 1. The van der Waals surface area contributed by atoms with Crippen LogP contribution in [0.15, 0.2) is 60.8 Å². The second-order valence-corrected chi connectivity index (χ2v) is 11.0. The molecule has 0 fully saturated rings. The summed E-state index contributed by atoms with van der Waals surface area (Å²) in [6.07, 6.45) is 3.56. The zero-order valence-corrected chi connectivity index (χ0v) is 23.0. The van der Waals surface area contributed by atoms with Crippen LogP contribution in [0.4, 0.5) is 4.39 Å². The average molecular weight is 538 g/mol. The molecule has 2 aliphatic rings. The van der Waals surface area contributed by atoms with Crippen LogP contribution < -0.4 is 9.47 Å². The molecular formula is C34H32FNO4. The first kappa shape index (κ1) is 26.1. The summed E-state index contributed by atoms with van der Waals surface area (Å²) in [7, 11) is 0. The molecule has 0 amide bonds. The van der Waals surface area contributed by atoms with Gasteiger partial charge in [0.1, 0.15) is 17.3 Å². The number of benzene rings is 3. The topological polar surface area (TPSA) is 68.7 Å². The number of hydrogen-bond acceptors (Lipinski definition) is 4. The molecule has 6 heteroatoms. The maximum Gasteiger partial charge on any atom is 0.304 e. The number of aromatic nitrogens is 1. The van der Waals surface area contributed by atoms with Crippen molar-refractivity contribution in [1.82, 2.24) is 4.98 Å². The summed E-state index contributed by atoms with van der Waals surface area (Å²) in [5.41, 5.74) is 10.5. The Balaban J connectivity index is 1.24. The van der Waals surface area contributed by atoms with Gasteiger partial charge >= 0.3 is 5.97 Å². The van der Waals surface area contributed by atoms with Crippen molar-refractivity contribution >= 4 is 5.97 Å². The molecule has 1 N–H and O–H groups in total. The summed E-state index contributed by atoms with van der Waals surface area (Å²) < 4.78 is 27.1. The monoisotopic (exact) mass is 537 g/mol. The lowest BCUT2D eigenvalue weighted by atomic mass is 9.87. The first-order chi connectivity index (χ1) is 19.3. The number of aliphatic carboxylic acids is 1. The van der Waals surface area contributed by atoms with Crippen LogP contribution in [0, 0.1) is 26.6 Å². The fourth-order valence-electron chi connectivity index (χ4n) is 6.33. The van der Waals surface area contributed by atoms with Crippen LogP contribution in [0.25, 0.3) is 22.3 Å². The van der Waals surface area contributed by atoms with E-state index in [1.807, 2.05) is 43.5 Å². The minimum absolute atomic E-state index is 0.0402. The molecule has 40 heavy (non-hydrogen) atoms. The van der Waals surface area contributed by atoms with Gasteiger partial charge in [-0.1, -0.05) is 30.3 Å². The highest BCUT2D eigenvalue weighted by Gasteiger charge is 2.31. The van der Waals surface area contributed by atoms with Crippen LogP contribution in [0.1, 0.15) is 58.2 Å². The van der Waals surface area contributed by atoms with Crippen molar-refractivity contribution in [3.8, 4) is 33.8 Å². The molecule has 0 saturated heterocycles. The molecule has 6 rings (SSSR count). The SMILES string of the molecule is Cc1ccc(-c2cc(C)c(-c3ccc(F)c4c3CCC4COc3ccc4c(c3)OCC4CC(=O)O)c(C)c2)cn1. The van der Waals surface area contributed by atoms with E-state index in [-0.39, 0.29) is 24.1 Å². The van der Waals surface area contributed by atoms with Crippen LogP contribution in [0.2, 0.25) is 0 Å². The number of aryl methyl sites for hydroxylation is 3. The van der Waals surface area contributed by atoms with E-state index in [9.17, 15) is 4.79 Å². The molecule has 0 radical (unpaired) electrons. The van der Waals surface area contributed by atoms with Crippen molar-refractivity contribution in [1.29, 1.82) is 0 Å². The van der Waals surface area contributed by atoms with Gasteiger partial charge in [0.15, 0.2) is 0 Å². The number of carbonyl (C=O) groups is 1. The van der Waals surface area contributed by atoms with E-state index in [2.05, 4.69) is 37.0 Å². The van der Waals surface area contributed by atoms with Crippen LogP contribution in [-0.2, 0) is 11.2 Å². The van der Waals surface area contributed by atoms with Crippen molar-refractivity contribution in [2.45, 2.75) is 51.9 Å². The predicted octanol–water partition coefficient (Wildman–Crippen LogP) is 7.54. The maximum atomic E-state index is 15.3. The summed E-state index contributed by atoms with van der Waals surface area (Å²) in [4.78, 5) is 15.6. The third-order valence-corrected chi connectivity index (χ3v) is 8.24. The Morgan fingerprint density at radius 3 is 2.55 bits per heavy atom. The molecule has 0 spiro atoms. The van der Waals surface area contributed by atoms with Crippen molar-refractivity contribution in [2.75, 3.05) is 13.2 Å². The number of hydrogen-bond donors (Lipinski definition) is 1. The van der Waals surface area contributed by atoms with Gasteiger partial charge in [-0.15, -0.1) is 0 Å². The Kier molecular flexibility index (Phi) is 6.78. The fraction of sp³-hybridized carbons (Fsp3) is 0.294. The van der Waals surface area contributed by atoms with E-state index in [4.69, 9.17) is 14.6 Å². The Hall–Kier alpha value is -4.19. The molecule has 0 saturated carbocycles. The van der Waals surface area contributed by atoms with Gasteiger partial charge in [-0.05, 0) is 90.8 Å². The van der Waals surface area contributed by atoms with Gasteiger partial charge in [-0.3, -0.25) is 9.78 Å². The standard InChI is InChI=1S/C34H32FNO4/c1-19-12-24(22-5-4-21(3)36-16-22)13-20(2)33(19)28-10-11-30(35)34-23(6-8-29(28)34)17-39-26-7-9-27-25(14-32(37)38)18-40-31(27)15-26/h4-5,7,9-13,15-16,23,25H,6,8,14,17-18H2,1-3H3,(H,37,38). The number of fused-ring (bicyclic) bond motifs is 2. The number of halogens is 1. The Labute approximate surface area is 233 Å². The molecular weight excluding hydrogens is 505 g/mol. The summed E-state index contributed by atoms with van der Waals surface area (Å²) >= 11 is 0. The lowest BCUT2D eigenvalue weighted by molar-refractivity contribution is -0.137. The second kappa shape index (κ2) is 10.4. The van der Waals surface area contributed by atoms with Gasteiger partial charge < -0.3 is 14.6 Å². The Bertz CT molecular complexity index is 1590. The number of rotatable bonds is 7. The minimum atomic E-state index is -0.840. The Morgan fingerprint density at radius 1 is 1.02 bits per heavy atom. The van der Waals surface area contributed by atoms with Crippen molar-refractivity contribution in [3.63, 3.8) is 0 Å². The van der Waals surface area contributed by atoms with E-state index >= 15 is 4.39 Å². The van der Waals surface area contributed by atoms with Gasteiger partial charge in [0.2, 0.25) is 0 Å². The molecule has 2 heterocycles. The van der Waals surface area contributed by atoms with Crippen LogP contribution >= 0.6 is 0 Å². The van der Waals surface area contributed by atoms with E-state index in [0.29, 0.717) is 24.7 Å². The van der Waals surface area contributed by atoms with Crippen molar-refractivity contribution in [2.24, 2.45) is 0 Å². The number of carboxylic acid groups (broad SMARTS) is 1. The molecule has 4 aromatic rings. The molecule has 2 atom stereocenters. The number of nitrogens with zero attached hydrogens (tertiary/aromatic N) is 1. The van der Waals surface area contributed by atoms with Gasteiger partial charge in [-0.2, -0.15) is 0 Å². The first-order valence-electron chi connectivity index (χ1n) is 13.8. The van der Waals surface area contributed by atoms with Crippen molar-refractivity contribution in [3.05, 3.63) is 100 Å². The quantitative estimate of drug-likeness (QED) is 0.264. The lowest BCUT2D eigenvalue weighted by Gasteiger charge is -2.18. The van der Waals surface area contributed by atoms with E-state index in [1.54, 1.807) is 6.07 Å². The van der Waals surface area contributed by atoms with Crippen LogP contribution in [0.5, 0.6) is 11.5 Å². The zero-order chi connectivity index (χ0) is 28.0. The smallest absolute Gasteiger partial charge is 0.304 e. The van der Waals surface area contributed by atoms with Crippen LogP contribution in [0.3, 0.4) is 0 Å². The molecule has 204 valence electrons. The number of carboxylic acids is 1. The maximum absolute atomic E-state index is 15.3. The third kappa shape index (κ3) is 4.83. The third-order valence-electron chi connectivity index (χ3n) is 8.24. The molecule has 2 unspecified atom stereocenters. The first-order valence-corrected chi connectivity index (χ1v) is 13.8. The summed E-state index contributed by atoms with van der Waals surface area (Å²) in [6, 6.07) is 17.6. The molecule has 3 aromatic carbocycles. The highest BCUT2D eigenvalue weighted by molar-refractivity contribution is 5.79. The van der Waals surface area contributed by atoms with Crippen LogP contribution in [-0.4, -0.2) is 29.3 Å². The van der Waals surface area contributed by atoms with E-state index in [0.717, 1.165) is 68.6 Å². The lowest BCUT2D eigenvalue weighted by Crippen LogP contribution is -2.09. The highest BCUT2D eigenvalue weighted by Crippen LogP contribution is 2.44. The number of ether oxygens (including phenoxy) is 2. The minimum Gasteiger partial charge on any atom is -0.493 e. The summed E-state index contributed by atoms with van der Waals surface area (Å²) in [5, 5.41) is 9.14. The van der Waals surface area contributed by atoms with E-state index in [1.165, 1.54) is 0 Å². The molecule has 0 bridgehead atoms. The second-order valence-electron chi connectivity index (χ2n) is 11.0. The summed E-state index contributed by atoms with van der Waals surface area (Å²) in [5.74, 6) is 0.0875. The van der Waals surface area contributed by atoms with E-state index < -0.39 is 5.97 Å². The fourth-order valence-corrected chi connectivity index (χ4v) is 6.33. The zero-order valence-electron chi connectivity index (χ0n) is 23.0. The highest BCUT2D eigenvalue weighted by atomic mass is 19.1. The Morgan fingerprint density at radius 2 is 1.82 bits per heavy atom. The largest absolute Gasteiger partial charge is 0.493 e. The molecule has 1 aliphatic heterocycles. The molecule has 1 aromatic heterocycles. The van der Waals surface area contributed by atoms with Gasteiger partial charge in [0, 0.05) is 40.9 Å². The average Bonchev–Trinajstić information content (AvgIpc) is 3.53. The predicted molar refractivity (Wildman–Crippen MR) is 153 cm³/mol. The van der Waals surface area contributed by atoms with Gasteiger partial charge in [0.05, 0.1) is 19.6 Å². The van der Waals surface area contributed by atoms with Crippen molar-refractivity contribution < 1.29 is 23.8 Å². The normalized spacial score (nSPS) is 17.3. The summed E-state index contributed by atoms with van der Waals surface area (Å²) in [6.45, 7) is 6.94. The molecule has 5 nitrogen and oxygen atoms in total. The van der Waals surface area contributed by atoms with Gasteiger partial charge in [-0.25, -0.2) is 4.39 Å². The van der Waals surface area contributed by atoms with Gasteiger partial charge in [0.25, 0.3) is 0 Å².